The van der Waals surface area contributed by atoms with E-state index < -0.39 is 0 Å². The first-order valence-corrected chi connectivity index (χ1v) is 10.8. The molecule has 7 nitrogen and oxygen atoms in total. The van der Waals surface area contributed by atoms with Crippen LogP contribution in [0.3, 0.4) is 0 Å². The summed E-state index contributed by atoms with van der Waals surface area (Å²) in [6, 6.07) is 6.80. The predicted molar refractivity (Wildman–Crippen MR) is 114 cm³/mol. The van der Waals surface area contributed by atoms with E-state index in [9.17, 15) is 9.59 Å². The molecule has 2 aromatic rings. The molecule has 0 saturated heterocycles. The molecule has 2 amide bonds. The van der Waals surface area contributed by atoms with E-state index in [1.54, 1.807) is 41.1 Å². The van der Waals surface area contributed by atoms with Crippen molar-refractivity contribution in [2.24, 2.45) is 0 Å². The highest BCUT2D eigenvalue weighted by Gasteiger charge is 2.22. The molecule has 3 rings (SSSR count). The van der Waals surface area contributed by atoms with Gasteiger partial charge in [-0.3, -0.25) is 9.59 Å². The van der Waals surface area contributed by atoms with Gasteiger partial charge in [0, 0.05) is 44.2 Å². The zero-order valence-electron chi connectivity index (χ0n) is 17.5. The maximum Gasteiger partial charge on any atom is 0.276 e. The summed E-state index contributed by atoms with van der Waals surface area (Å²) in [5.74, 6) is 0.984. The fraction of sp³-hybridized carbons (Fsp3) is 0.500. The average Bonchev–Trinajstić information content (AvgIpc) is 3.20. The molecule has 162 valence electrons. The first kappa shape index (κ1) is 22.2. The Morgan fingerprint density at radius 1 is 1.17 bits per heavy atom. The second-order valence-electron chi connectivity index (χ2n) is 7.50. The number of hydrogen-bond acceptors (Lipinski definition) is 5. The summed E-state index contributed by atoms with van der Waals surface area (Å²) in [5.41, 5.74) is 0.805. The van der Waals surface area contributed by atoms with Gasteiger partial charge in [0.25, 0.3) is 11.8 Å². The topological polar surface area (TPSA) is 75.9 Å². The lowest BCUT2D eigenvalue weighted by Crippen LogP contribution is -2.34. The van der Waals surface area contributed by atoms with Crippen LogP contribution in [0.1, 0.15) is 59.2 Å². The third-order valence-corrected chi connectivity index (χ3v) is 5.32. The van der Waals surface area contributed by atoms with Crippen molar-refractivity contribution in [3.8, 4) is 5.75 Å². The molecule has 0 unspecified atom stereocenters. The largest absolute Gasteiger partial charge is 0.493 e. The van der Waals surface area contributed by atoms with E-state index in [1.165, 1.54) is 0 Å². The van der Waals surface area contributed by atoms with Crippen LogP contribution in [-0.2, 0) is 6.42 Å². The third-order valence-electron chi connectivity index (χ3n) is 5.08. The molecule has 0 radical (unpaired) electrons. The number of benzene rings is 1. The zero-order chi connectivity index (χ0) is 21.5. The summed E-state index contributed by atoms with van der Waals surface area (Å²) in [5, 5.41) is 4.45. The summed E-state index contributed by atoms with van der Waals surface area (Å²) < 4.78 is 11.1. The van der Waals surface area contributed by atoms with Crippen LogP contribution in [0.5, 0.6) is 5.75 Å². The quantitative estimate of drug-likeness (QED) is 0.729. The maximum atomic E-state index is 12.9. The first-order valence-electron chi connectivity index (χ1n) is 10.4. The van der Waals surface area contributed by atoms with E-state index in [2.05, 4.69) is 12.1 Å². The fourth-order valence-corrected chi connectivity index (χ4v) is 3.62. The van der Waals surface area contributed by atoms with E-state index in [0.29, 0.717) is 54.7 Å². The van der Waals surface area contributed by atoms with Crippen molar-refractivity contribution in [3.05, 3.63) is 46.3 Å². The number of ether oxygens (including phenoxy) is 1. The molecule has 0 N–H and O–H groups in total. The minimum atomic E-state index is -0.132. The lowest BCUT2D eigenvalue weighted by Gasteiger charge is -2.22. The monoisotopic (exact) mass is 433 g/mol. The second-order valence-corrected chi connectivity index (χ2v) is 7.93. The van der Waals surface area contributed by atoms with Gasteiger partial charge < -0.3 is 19.1 Å². The van der Waals surface area contributed by atoms with Gasteiger partial charge in [0.1, 0.15) is 11.5 Å². The molecule has 0 atom stereocenters. The lowest BCUT2D eigenvalue weighted by molar-refractivity contribution is 0.0726. The summed E-state index contributed by atoms with van der Waals surface area (Å²) >= 11 is 6.09. The predicted octanol–water partition coefficient (Wildman–Crippen LogP) is 4.06. The molecule has 2 heterocycles. The molecule has 0 fully saturated rings. The number of nitrogens with zero attached hydrogens (tertiary/aromatic N) is 3. The van der Waals surface area contributed by atoms with Gasteiger partial charge in [-0.1, -0.05) is 23.7 Å². The highest BCUT2D eigenvalue weighted by atomic mass is 35.5. The van der Waals surface area contributed by atoms with E-state index in [4.69, 9.17) is 20.9 Å². The Bertz CT molecular complexity index is 883. The molecule has 0 bridgehead atoms. The van der Waals surface area contributed by atoms with Crippen molar-refractivity contribution < 1.29 is 18.8 Å². The Morgan fingerprint density at radius 3 is 2.73 bits per heavy atom. The minimum Gasteiger partial charge on any atom is -0.493 e. The average molecular weight is 434 g/mol. The number of carbonyl (C=O) groups excluding carboxylic acids is 2. The number of halogens is 1. The number of hydrogen-bond donors (Lipinski definition) is 0. The van der Waals surface area contributed by atoms with Gasteiger partial charge in [0.15, 0.2) is 5.69 Å². The third kappa shape index (κ3) is 5.53. The Morgan fingerprint density at radius 2 is 1.93 bits per heavy atom. The minimum absolute atomic E-state index is 0.120. The van der Waals surface area contributed by atoms with Gasteiger partial charge in [-0.25, -0.2) is 0 Å². The van der Waals surface area contributed by atoms with Gasteiger partial charge in [-0.2, -0.15) is 0 Å². The van der Waals surface area contributed by atoms with Gasteiger partial charge in [0.2, 0.25) is 0 Å². The molecule has 0 spiro atoms. The van der Waals surface area contributed by atoms with Crippen molar-refractivity contribution in [1.29, 1.82) is 0 Å². The van der Waals surface area contributed by atoms with E-state index in [0.717, 1.165) is 31.4 Å². The van der Waals surface area contributed by atoms with Crippen LogP contribution in [0, 0.1) is 0 Å². The fourth-order valence-electron chi connectivity index (χ4n) is 3.45. The standard InChI is InChI=1S/C22H28ClN3O4/c1-3-7-17-15-19(24-30-17)22(28)26-11-5-4-10-25(2)21(27)18-14-16(23)8-9-20(18)29-13-6-12-26/h8-9,14-15H,3-7,10-13H2,1-2H3. The molecule has 1 aromatic heterocycles. The van der Waals surface area contributed by atoms with Crippen LogP contribution in [0.4, 0.5) is 0 Å². The van der Waals surface area contributed by atoms with Crippen LogP contribution in [0.2, 0.25) is 5.02 Å². The number of aryl methyl sites for hydroxylation is 1. The van der Waals surface area contributed by atoms with Gasteiger partial charge in [0.05, 0.1) is 12.2 Å². The first-order chi connectivity index (χ1) is 14.5. The molecular formula is C22H28ClN3O4. The molecular weight excluding hydrogens is 406 g/mol. The van der Waals surface area contributed by atoms with E-state index in [1.807, 2.05) is 0 Å². The van der Waals surface area contributed by atoms with Crippen LogP contribution >= 0.6 is 11.6 Å². The zero-order valence-corrected chi connectivity index (χ0v) is 18.3. The lowest BCUT2D eigenvalue weighted by atomic mass is 10.1. The SMILES string of the molecule is CCCc1cc(C(=O)N2CCCCN(C)C(=O)c3cc(Cl)ccc3OCCC2)no1. The highest BCUT2D eigenvalue weighted by Crippen LogP contribution is 2.25. The summed E-state index contributed by atoms with van der Waals surface area (Å²) in [7, 11) is 1.76. The Labute approximate surface area is 181 Å². The molecule has 0 saturated carbocycles. The Kier molecular flexibility index (Phi) is 7.74. The Hall–Kier alpha value is -2.54. The molecule has 1 aliphatic rings. The highest BCUT2D eigenvalue weighted by molar-refractivity contribution is 6.31. The van der Waals surface area contributed by atoms with Gasteiger partial charge >= 0.3 is 0 Å². The van der Waals surface area contributed by atoms with Crippen molar-refractivity contribution in [3.63, 3.8) is 0 Å². The van der Waals surface area contributed by atoms with Crippen molar-refractivity contribution in [1.82, 2.24) is 15.0 Å². The van der Waals surface area contributed by atoms with Crippen molar-refractivity contribution in [2.45, 2.75) is 39.0 Å². The molecule has 0 aliphatic carbocycles. The number of carbonyl (C=O) groups is 2. The number of amides is 2. The molecule has 1 aliphatic heterocycles. The number of aromatic nitrogens is 1. The van der Waals surface area contributed by atoms with Gasteiger partial charge in [-0.15, -0.1) is 0 Å². The van der Waals surface area contributed by atoms with Crippen LogP contribution in [0.15, 0.2) is 28.8 Å². The van der Waals surface area contributed by atoms with Crippen LogP contribution < -0.4 is 4.74 Å². The van der Waals surface area contributed by atoms with Gasteiger partial charge in [-0.05, 0) is 43.9 Å². The molecule has 8 heteroatoms. The summed E-state index contributed by atoms with van der Waals surface area (Å²) in [4.78, 5) is 29.2. The van der Waals surface area contributed by atoms with Crippen LogP contribution in [-0.4, -0.2) is 60.1 Å². The smallest absolute Gasteiger partial charge is 0.276 e. The molecule has 30 heavy (non-hydrogen) atoms. The van der Waals surface area contributed by atoms with Crippen LogP contribution in [0.25, 0.3) is 0 Å². The number of fused-ring (bicyclic) bond motifs is 1. The summed E-state index contributed by atoms with van der Waals surface area (Å²) in [6.45, 7) is 4.15. The second kappa shape index (κ2) is 10.5. The Balaban J connectivity index is 1.72. The van der Waals surface area contributed by atoms with E-state index >= 15 is 0 Å². The van der Waals surface area contributed by atoms with Crippen molar-refractivity contribution >= 4 is 23.4 Å². The molecule has 1 aromatic carbocycles. The van der Waals surface area contributed by atoms with E-state index in [-0.39, 0.29) is 11.8 Å². The van der Waals surface area contributed by atoms with Crippen molar-refractivity contribution in [2.75, 3.05) is 33.3 Å². The number of rotatable bonds is 3. The summed E-state index contributed by atoms with van der Waals surface area (Å²) in [6.07, 6.45) is 3.90. The normalized spacial score (nSPS) is 16.2. The maximum absolute atomic E-state index is 12.9.